The van der Waals surface area contributed by atoms with Crippen LogP contribution >= 0.6 is 0 Å². The second-order valence-electron chi connectivity index (χ2n) is 4.93. The molecule has 2 aromatic rings. The fourth-order valence-corrected chi connectivity index (χ4v) is 2.59. The van der Waals surface area contributed by atoms with Crippen LogP contribution in [0.15, 0.2) is 36.4 Å². The molecule has 10 heteroatoms. The molecule has 0 aromatic heterocycles. The van der Waals surface area contributed by atoms with E-state index in [9.17, 15) is 26.4 Å². The third kappa shape index (κ3) is 3.90. The summed E-state index contributed by atoms with van der Waals surface area (Å²) >= 11 is 0. The van der Waals surface area contributed by atoms with Crippen molar-refractivity contribution in [1.82, 2.24) is 0 Å². The number of alkyl halides is 3. The van der Waals surface area contributed by atoms with Gasteiger partial charge in [-0.1, -0.05) is 12.1 Å². The summed E-state index contributed by atoms with van der Waals surface area (Å²) in [6.07, 6.45) is 0.605. The molecule has 0 saturated carbocycles. The molecule has 0 unspecified atom stereocenters. The molecule has 0 amide bonds. The predicted octanol–water partition coefficient (Wildman–Crippen LogP) is 3.41. The largest absolute Gasteiger partial charge is 0.534 e. The lowest BCUT2D eigenvalue weighted by Crippen LogP contribution is -2.28. The SMILES string of the molecule is COc1cc(C=O)cc(OC)c1-c1ccc(OS(=O)(=O)C(F)(F)F)cc1. The van der Waals surface area contributed by atoms with Crippen molar-refractivity contribution < 1.29 is 40.0 Å². The van der Waals surface area contributed by atoms with Crippen LogP contribution in [0.5, 0.6) is 17.2 Å². The van der Waals surface area contributed by atoms with Crippen molar-refractivity contribution in [2.45, 2.75) is 5.51 Å². The maximum Gasteiger partial charge on any atom is 0.534 e. The van der Waals surface area contributed by atoms with Crippen LogP contribution in [0.25, 0.3) is 11.1 Å². The highest BCUT2D eigenvalue weighted by Crippen LogP contribution is 2.40. The van der Waals surface area contributed by atoms with Crippen LogP contribution in [0.4, 0.5) is 13.2 Å². The van der Waals surface area contributed by atoms with Crippen LogP contribution in [0.1, 0.15) is 10.4 Å². The summed E-state index contributed by atoms with van der Waals surface area (Å²) in [5, 5.41) is 0. The molecule has 2 rings (SSSR count). The first-order chi connectivity index (χ1) is 12.1. The van der Waals surface area contributed by atoms with Gasteiger partial charge < -0.3 is 13.7 Å². The van der Waals surface area contributed by atoms with Crippen molar-refractivity contribution >= 4 is 16.4 Å². The Bertz CT molecular complexity index is 880. The van der Waals surface area contributed by atoms with E-state index < -0.39 is 21.4 Å². The number of methoxy groups -OCH3 is 2. The molecule has 6 nitrogen and oxygen atoms in total. The maximum atomic E-state index is 12.4. The number of carbonyl (C=O) groups is 1. The van der Waals surface area contributed by atoms with Crippen molar-refractivity contribution in [2.24, 2.45) is 0 Å². The molecular weight excluding hydrogens is 377 g/mol. The number of carbonyl (C=O) groups excluding carboxylic acids is 1. The Kier molecular flexibility index (Phi) is 5.45. The van der Waals surface area contributed by atoms with E-state index in [1.807, 2.05) is 0 Å². The standard InChI is InChI=1S/C16H13F3O6S/c1-23-13-7-10(9-20)8-14(24-2)15(13)11-3-5-12(6-4-11)25-26(21,22)16(17,18)19/h3-9H,1-2H3. The van der Waals surface area contributed by atoms with Crippen molar-refractivity contribution in [3.63, 3.8) is 0 Å². The Morgan fingerprint density at radius 3 is 1.85 bits per heavy atom. The molecule has 26 heavy (non-hydrogen) atoms. The van der Waals surface area contributed by atoms with Crippen LogP contribution in [0.3, 0.4) is 0 Å². The predicted molar refractivity (Wildman–Crippen MR) is 86.0 cm³/mol. The summed E-state index contributed by atoms with van der Waals surface area (Å²) in [6.45, 7) is 0. The fraction of sp³-hybridized carbons (Fsp3) is 0.188. The normalized spacial score (nSPS) is 11.7. The van der Waals surface area contributed by atoms with Crippen molar-refractivity contribution in [2.75, 3.05) is 14.2 Å². The zero-order chi connectivity index (χ0) is 19.5. The second-order valence-corrected chi connectivity index (χ2v) is 6.46. The van der Waals surface area contributed by atoms with E-state index in [2.05, 4.69) is 4.18 Å². The fourth-order valence-electron chi connectivity index (χ4n) is 2.14. The first-order valence-electron chi connectivity index (χ1n) is 6.95. The molecule has 140 valence electrons. The van der Waals surface area contributed by atoms with Gasteiger partial charge in [-0.3, -0.25) is 4.79 Å². The minimum atomic E-state index is -5.75. The number of rotatable bonds is 6. The van der Waals surface area contributed by atoms with Gasteiger partial charge in [-0.05, 0) is 29.8 Å². The molecule has 0 bridgehead atoms. The molecule has 0 heterocycles. The zero-order valence-corrected chi connectivity index (χ0v) is 14.3. The summed E-state index contributed by atoms with van der Waals surface area (Å²) in [4.78, 5) is 11.0. The summed E-state index contributed by atoms with van der Waals surface area (Å²) in [5.41, 5.74) is -4.33. The second kappa shape index (κ2) is 7.24. The van der Waals surface area contributed by atoms with Gasteiger partial charge >= 0.3 is 15.6 Å². The van der Waals surface area contributed by atoms with Gasteiger partial charge in [0.15, 0.2) is 0 Å². The molecule has 0 radical (unpaired) electrons. The Hall–Kier alpha value is -2.75. The van der Waals surface area contributed by atoms with E-state index in [1.165, 1.54) is 38.5 Å². The van der Waals surface area contributed by atoms with Crippen LogP contribution in [-0.4, -0.2) is 34.4 Å². The minimum Gasteiger partial charge on any atom is -0.496 e. The molecule has 0 atom stereocenters. The highest BCUT2D eigenvalue weighted by Gasteiger charge is 2.48. The van der Waals surface area contributed by atoms with E-state index in [1.54, 1.807) is 0 Å². The quantitative estimate of drug-likeness (QED) is 0.427. The lowest BCUT2D eigenvalue weighted by Gasteiger charge is -2.15. The first-order valence-corrected chi connectivity index (χ1v) is 8.36. The molecule has 0 N–H and O–H groups in total. The Balaban J connectivity index is 2.45. The number of halogens is 3. The summed E-state index contributed by atoms with van der Waals surface area (Å²) in [5.74, 6) is 0.0829. The average Bonchev–Trinajstić information content (AvgIpc) is 2.60. The molecule has 0 fully saturated rings. The molecule has 0 aliphatic rings. The highest BCUT2D eigenvalue weighted by molar-refractivity contribution is 7.88. The van der Waals surface area contributed by atoms with Gasteiger partial charge in [0.25, 0.3) is 0 Å². The van der Waals surface area contributed by atoms with E-state index in [-0.39, 0.29) is 0 Å². The third-order valence-corrected chi connectivity index (χ3v) is 4.28. The lowest BCUT2D eigenvalue weighted by atomic mass is 10.0. The van der Waals surface area contributed by atoms with Crippen LogP contribution < -0.4 is 13.7 Å². The van der Waals surface area contributed by atoms with E-state index in [0.29, 0.717) is 34.5 Å². The first kappa shape index (κ1) is 19.6. The average molecular weight is 390 g/mol. The van der Waals surface area contributed by atoms with E-state index in [0.717, 1.165) is 12.1 Å². The van der Waals surface area contributed by atoms with Crippen molar-refractivity contribution in [3.05, 3.63) is 42.0 Å². The molecule has 0 spiro atoms. The van der Waals surface area contributed by atoms with Crippen LogP contribution in [0.2, 0.25) is 0 Å². The monoisotopic (exact) mass is 390 g/mol. The highest BCUT2D eigenvalue weighted by atomic mass is 32.2. The van der Waals surface area contributed by atoms with Gasteiger partial charge in [0.1, 0.15) is 23.5 Å². The van der Waals surface area contributed by atoms with Gasteiger partial charge in [-0.25, -0.2) is 0 Å². The summed E-state index contributed by atoms with van der Waals surface area (Å²) < 4.78 is 73.6. The van der Waals surface area contributed by atoms with Gasteiger partial charge in [0.05, 0.1) is 19.8 Å². The van der Waals surface area contributed by atoms with Gasteiger partial charge in [0.2, 0.25) is 0 Å². The lowest BCUT2D eigenvalue weighted by molar-refractivity contribution is -0.0500. The van der Waals surface area contributed by atoms with Gasteiger partial charge in [-0.2, -0.15) is 21.6 Å². The van der Waals surface area contributed by atoms with E-state index in [4.69, 9.17) is 9.47 Å². The van der Waals surface area contributed by atoms with Gasteiger partial charge in [-0.15, -0.1) is 0 Å². The number of benzene rings is 2. The number of aldehydes is 1. The molecular formula is C16H13F3O6S. The molecule has 0 aliphatic heterocycles. The van der Waals surface area contributed by atoms with Crippen LogP contribution in [-0.2, 0) is 10.1 Å². The number of hydrogen-bond acceptors (Lipinski definition) is 6. The number of ether oxygens (including phenoxy) is 2. The molecule has 0 saturated heterocycles. The molecule has 0 aliphatic carbocycles. The summed E-state index contributed by atoms with van der Waals surface area (Å²) in [7, 11) is -3.00. The third-order valence-electron chi connectivity index (χ3n) is 3.30. The Morgan fingerprint density at radius 2 is 1.46 bits per heavy atom. The van der Waals surface area contributed by atoms with Gasteiger partial charge in [0, 0.05) is 5.56 Å². The Morgan fingerprint density at radius 1 is 0.962 bits per heavy atom. The summed E-state index contributed by atoms with van der Waals surface area (Å²) in [6, 6.07) is 7.72. The minimum absolute atomic E-state index is 0.294. The van der Waals surface area contributed by atoms with Crippen molar-refractivity contribution in [3.8, 4) is 28.4 Å². The van der Waals surface area contributed by atoms with E-state index >= 15 is 0 Å². The van der Waals surface area contributed by atoms with Crippen LogP contribution in [0, 0.1) is 0 Å². The Labute approximate surface area is 147 Å². The topological polar surface area (TPSA) is 78.9 Å². The zero-order valence-electron chi connectivity index (χ0n) is 13.5. The number of hydrogen-bond donors (Lipinski definition) is 0. The smallest absolute Gasteiger partial charge is 0.496 e. The van der Waals surface area contributed by atoms with Crippen molar-refractivity contribution in [1.29, 1.82) is 0 Å². The molecule has 2 aromatic carbocycles. The maximum absolute atomic E-state index is 12.4.